The van der Waals surface area contributed by atoms with Gasteiger partial charge in [0, 0.05) is 10.6 Å². The fourth-order valence-electron chi connectivity index (χ4n) is 1.64. The average Bonchev–Trinajstić information content (AvgIpc) is 2.69. The van der Waals surface area contributed by atoms with Crippen molar-refractivity contribution in [3.8, 4) is 11.3 Å². The Morgan fingerprint density at radius 1 is 1.33 bits per heavy atom. The van der Waals surface area contributed by atoms with Gasteiger partial charge in [0.2, 0.25) is 0 Å². The lowest BCUT2D eigenvalue weighted by Gasteiger charge is -2.18. The van der Waals surface area contributed by atoms with E-state index in [1.165, 1.54) is 0 Å². The summed E-state index contributed by atoms with van der Waals surface area (Å²) in [4.78, 5) is 12.3. The van der Waals surface area contributed by atoms with Gasteiger partial charge in [0.15, 0.2) is 4.88 Å². The summed E-state index contributed by atoms with van der Waals surface area (Å²) in [6.45, 7) is 5.37. The molecule has 0 aliphatic carbocycles. The maximum absolute atomic E-state index is 12.1. The first kappa shape index (κ1) is 16.1. The van der Waals surface area contributed by atoms with Crippen LogP contribution in [0.3, 0.4) is 0 Å². The summed E-state index contributed by atoms with van der Waals surface area (Å²) in [7, 11) is 0. The summed E-state index contributed by atoms with van der Waals surface area (Å²) < 4.78 is 9.52. The summed E-state index contributed by atoms with van der Waals surface area (Å²) in [5.74, 6) is -0.492. The first-order chi connectivity index (χ1) is 9.69. The molecule has 0 saturated heterocycles. The minimum Gasteiger partial charge on any atom is -0.456 e. The molecule has 0 unspecified atom stereocenters. The molecule has 0 atom stereocenters. The highest BCUT2D eigenvalue weighted by Crippen LogP contribution is 2.36. The second-order valence-electron chi connectivity index (χ2n) is 5.40. The highest BCUT2D eigenvalue weighted by atomic mass is 35.5. The second kappa shape index (κ2) is 5.83. The number of rotatable bonds is 2. The molecule has 2 rings (SSSR count). The van der Waals surface area contributed by atoms with Crippen LogP contribution in [0.5, 0.6) is 0 Å². The van der Waals surface area contributed by atoms with E-state index in [2.05, 4.69) is 4.37 Å². The molecular weight excluding hydrogens is 331 g/mol. The third-order valence-corrected chi connectivity index (χ3v) is 3.89. The van der Waals surface area contributed by atoms with Crippen LogP contribution >= 0.6 is 34.7 Å². The van der Waals surface area contributed by atoms with Crippen molar-refractivity contribution in [2.45, 2.75) is 26.4 Å². The van der Waals surface area contributed by atoms with Crippen LogP contribution in [0.25, 0.3) is 11.3 Å². The van der Waals surface area contributed by atoms with Crippen LogP contribution < -0.4 is 5.73 Å². The Hall–Kier alpha value is -1.30. The lowest BCUT2D eigenvalue weighted by Crippen LogP contribution is -2.23. The molecule has 1 heterocycles. The van der Waals surface area contributed by atoms with E-state index in [1.807, 2.05) is 0 Å². The zero-order valence-electron chi connectivity index (χ0n) is 11.7. The minimum atomic E-state index is -0.592. The fraction of sp³-hybridized carbons (Fsp3) is 0.286. The molecule has 2 N–H and O–H groups in total. The molecule has 2 aromatic rings. The smallest absolute Gasteiger partial charge is 0.352 e. The number of nitrogens with two attached hydrogens (primary N) is 1. The molecule has 0 aliphatic heterocycles. The van der Waals surface area contributed by atoms with E-state index >= 15 is 0 Å². The van der Waals surface area contributed by atoms with Crippen molar-refractivity contribution in [3.63, 3.8) is 0 Å². The van der Waals surface area contributed by atoms with Crippen molar-refractivity contribution in [1.29, 1.82) is 0 Å². The summed E-state index contributed by atoms with van der Waals surface area (Å²) >= 11 is 13.0. The monoisotopic (exact) mass is 344 g/mol. The van der Waals surface area contributed by atoms with Crippen molar-refractivity contribution in [1.82, 2.24) is 4.37 Å². The fourth-order valence-corrected chi connectivity index (χ4v) is 2.83. The Balaban J connectivity index is 2.39. The number of benzene rings is 1. The Morgan fingerprint density at radius 2 is 2.00 bits per heavy atom. The van der Waals surface area contributed by atoms with E-state index in [0.29, 0.717) is 21.3 Å². The van der Waals surface area contributed by atoms with E-state index in [4.69, 9.17) is 33.7 Å². The number of nitrogen functional groups attached to an aromatic ring is 1. The topological polar surface area (TPSA) is 65.2 Å². The van der Waals surface area contributed by atoms with Crippen molar-refractivity contribution in [3.05, 3.63) is 33.1 Å². The molecule has 0 amide bonds. The van der Waals surface area contributed by atoms with Gasteiger partial charge in [0.25, 0.3) is 0 Å². The van der Waals surface area contributed by atoms with Crippen molar-refractivity contribution in [2.24, 2.45) is 0 Å². The Labute approximate surface area is 137 Å². The van der Waals surface area contributed by atoms with Crippen LogP contribution in [0.2, 0.25) is 10.0 Å². The molecule has 0 aliphatic rings. The van der Waals surface area contributed by atoms with Gasteiger partial charge >= 0.3 is 5.97 Å². The molecule has 0 bridgehead atoms. The number of hydrogen-bond donors (Lipinski definition) is 1. The molecule has 0 fully saturated rings. The van der Waals surface area contributed by atoms with Crippen molar-refractivity contribution >= 4 is 46.4 Å². The normalized spacial score (nSPS) is 11.5. The predicted octanol–water partition coefficient (Wildman–Crippen LogP) is 4.65. The Bertz CT molecular complexity index is 693. The first-order valence-electron chi connectivity index (χ1n) is 6.13. The third kappa shape index (κ3) is 3.67. The third-order valence-electron chi connectivity index (χ3n) is 2.50. The lowest BCUT2D eigenvalue weighted by molar-refractivity contribution is 0.00764. The average molecular weight is 345 g/mol. The van der Waals surface area contributed by atoms with Crippen LogP contribution in [0.1, 0.15) is 30.4 Å². The zero-order valence-corrected chi connectivity index (χ0v) is 14.1. The summed E-state index contributed by atoms with van der Waals surface area (Å²) in [5.41, 5.74) is 6.78. The number of ether oxygens (including phenoxy) is 1. The van der Waals surface area contributed by atoms with Crippen LogP contribution in [-0.4, -0.2) is 15.9 Å². The maximum Gasteiger partial charge on any atom is 0.352 e. The van der Waals surface area contributed by atoms with Crippen molar-refractivity contribution < 1.29 is 9.53 Å². The number of nitrogens with zero attached hydrogens (tertiary/aromatic N) is 1. The molecule has 0 radical (unpaired) electrons. The van der Waals surface area contributed by atoms with Crippen LogP contribution in [0.15, 0.2) is 18.2 Å². The van der Waals surface area contributed by atoms with Crippen molar-refractivity contribution in [2.75, 3.05) is 5.73 Å². The number of esters is 1. The van der Waals surface area contributed by atoms with Gasteiger partial charge in [-0.2, -0.15) is 4.37 Å². The van der Waals surface area contributed by atoms with Gasteiger partial charge in [0.1, 0.15) is 11.3 Å². The molecule has 0 saturated carbocycles. The Morgan fingerprint density at radius 3 is 2.57 bits per heavy atom. The first-order valence-corrected chi connectivity index (χ1v) is 7.66. The van der Waals surface area contributed by atoms with E-state index < -0.39 is 11.6 Å². The van der Waals surface area contributed by atoms with Gasteiger partial charge in [-0.25, -0.2) is 4.79 Å². The largest absolute Gasteiger partial charge is 0.456 e. The molecule has 7 heteroatoms. The quantitative estimate of drug-likeness (QED) is 0.805. The highest BCUT2D eigenvalue weighted by molar-refractivity contribution is 7.09. The van der Waals surface area contributed by atoms with Gasteiger partial charge in [0.05, 0.1) is 10.7 Å². The predicted molar refractivity (Wildman–Crippen MR) is 87.2 cm³/mol. The highest BCUT2D eigenvalue weighted by Gasteiger charge is 2.25. The van der Waals surface area contributed by atoms with Gasteiger partial charge in [-0.05, 0) is 50.5 Å². The Kier molecular flexibility index (Phi) is 4.46. The molecule has 21 heavy (non-hydrogen) atoms. The van der Waals surface area contributed by atoms with E-state index in [1.54, 1.807) is 39.0 Å². The summed E-state index contributed by atoms with van der Waals surface area (Å²) in [6, 6.07) is 5.01. The standard InChI is InChI=1S/C14H14Cl2N2O2S/c1-14(2,3)20-13(19)12-10(17)11(18-21-12)8-5-4-7(15)6-9(8)16/h4-6H,17H2,1-3H3. The summed E-state index contributed by atoms with van der Waals surface area (Å²) in [5, 5.41) is 0.945. The van der Waals surface area contributed by atoms with Crippen LogP contribution in [0, 0.1) is 0 Å². The van der Waals surface area contributed by atoms with Gasteiger partial charge in [-0.15, -0.1) is 0 Å². The van der Waals surface area contributed by atoms with Gasteiger partial charge in [-0.3, -0.25) is 0 Å². The number of aromatic nitrogens is 1. The number of carbonyl (C=O) groups is 1. The number of hydrogen-bond acceptors (Lipinski definition) is 5. The van der Waals surface area contributed by atoms with E-state index in [-0.39, 0.29) is 10.6 Å². The van der Waals surface area contributed by atoms with E-state index in [0.717, 1.165) is 11.5 Å². The minimum absolute atomic E-state index is 0.262. The zero-order chi connectivity index (χ0) is 15.8. The molecule has 1 aromatic heterocycles. The summed E-state index contributed by atoms with van der Waals surface area (Å²) in [6.07, 6.45) is 0. The number of carbonyl (C=O) groups excluding carboxylic acids is 1. The molecule has 112 valence electrons. The number of anilines is 1. The van der Waals surface area contributed by atoms with Gasteiger partial charge in [-0.1, -0.05) is 23.2 Å². The van der Waals surface area contributed by atoms with Gasteiger partial charge < -0.3 is 10.5 Å². The number of halogens is 2. The molecular formula is C14H14Cl2N2O2S. The van der Waals surface area contributed by atoms with Crippen LogP contribution in [-0.2, 0) is 4.74 Å². The lowest BCUT2D eigenvalue weighted by atomic mass is 10.1. The van der Waals surface area contributed by atoms with Crippen LogP contribution in [0.4, 0.5) is 5.69 Å². The molecule has 4 nitrogen and oxygen atoms in total. The SMILES string of the molecule is CC(C)(C)OC(=O)c1snc(-c2ccc(Cl)cc2Cl)c1N. The molecule has 0 spiro atoms. The van der Waals surface area contributed by atoms with E-state index in [9.17, 15) is 4.79 Å². The molecule has 1 aromatic carbocycles. The maximum atomic E-state index is 12.1. The second-order valence-corrected chi connectivity index (χ2v) is 7.02.